The Hall–Kier alpha value is -2.75. The number of morpholine rings is 1. The van der Waals surface area contributed by atoms with Crippen LogP contribution < -0.4 is 10.6 Å². The van der Waals surface area contributed by atoms with Gasteiger partial charge in [-0.25, -0.2) is 0 Å². The third-order valence-corrected chi connectivity index (χ3v) is 7.43. The van der Waals surface area contributed by atoms with E-state index in [2.05, 4.69) is 21.6 Å². The van der Waals surface area contributed by atoms with Gasteiger partial charge in [0.15, 0.2) is 0 Å². The zero-order chi connectivity index (χ0) is 22.8. The lowest BCUT2D eigenvalue weighted by molar-refractivity contribution is -0.129. The molecule has 1 saturated carbocycles. The molecule has 9 heteroatoms. The standard InChI is InChI=1S/C24H28N4O4S/c29-21(25-14-19(20-6-3-13-33-20)27-9-11-32-12-10-27)15-26-23(30)22-17-4-1-2-5-18(17)24(31)28(22)16-7-8-16/h1-6,13,16,19,22H,7-12,14-15H2,(H,25,29)(H,26,30). The van der Waals surface area contributed by atoms with E-state index in [1.165, 1.54) is 4.88 Å². The molecule has 1 aromatic heterocycles. The first-order valence-corrected chi connectivity index (χ1v) is 12.3. The number of nitrogens with one attached hydrogen (secondary N) is 2. The molecule has 2 N–H and O–H groups in total. The zero-order valence-corrected chi connectivity index (χ0v) is 19.2. The lowest BCUT2D eigenvalue weighted by Crippen LogP contribution is -2.46. The van der Waals surface area contributed by atoms with E-state index < -0.39 is 6.04 Å². The molecule has 1 aromatic carbocycles. The molecule has 2 fully saturated rings. The molecule has 1 saturated heterocycles. The van der Waals surface area contributed by atoms with Gasteiger partial charge in [-0.05, 0) is 35.9 Å². The fourth-order valence-electron chi connectivity index (χ4n) is 4.65. The molecule has 2 atom stereocenters. The van der Waals surface area contributed by atoms with Gasteiger partial charge in [-0.3, -0.25) is 19.3 Å². The fourth-order valence-corrected chi connectivity index (χ4v) is 5.51. The molecule has 2 aromatic rings. The van der Waals surface area contributed by atoms with E-state index in [1.807, 2.05) is 29.6 Å². The third kappa shape index (κ3) is 4.66. The van der Waals surface area contributed by atoms with Crippen LogP contribution in [-0.2, 0) is 14.3 Å². The van der Waals surface area contributed by atoms with Crippen molar-refractivity contribution >= 4 is 29.1 Å². The predicted octanol–water partition coefficient (Wildman–Crippen LogP) is 1.71. The monoisotopic (exact) mass is 468 g/mol. The number of carbonyl (C=O) groups excluding carboxylic acids is 3. The molecule has 2 aliphatic heterocycles. The Labute approximate surface area is 196 Å². The molecule has 3 aliphatic rings. The Morgan fingerprint density at radius 2 is 1.88 bits per heavy atom. The zero-order valence-electron chi connectivity index (χ0n) is 18.4. The molecule has 8 nitrogen and oxygen atoms in total. The average molecular weight is 469 g/mol. The number of rotatable bonds is 8. The van der Waals surface area contributed by atoms with Crippen LogP contribution in [0.15, 0.2) is 41.8 Å². The first kappa shape index (κ1) is 22.1. The second-order valence-electron chi connectivity index (χ2n) is 8.63. The van der Waals surface area contributed by atoms with Crippen LogP contribution in [0, 0.1) is 0 Å². The summed E-state index contributed by atoms with van der Waals surface area (Å²) >= 11 is 1.67. The summed E-state index contributed by atoms with van der Waals surface area (Å²) in [5.74, 6) is -0.644. The van der Waals surface area contributed by atoms with E-state index in [4.69, 9.17) is 4.74 Å². The van der Waals surface area contributed by atoms with Gasteiger partial charge in [0.05, 0.1) is 25.8 Å². The smallest absolute Gasteiger partial charge is 0.255 e. The van der Waals surface area contributed by atoms with E-state index in [0.717, 1.165) is 31.5 Å². The summed E-state index contributed by atoms with van der Waals surface area (Å²) in [6.07, 6.45) is 1.82. The Balaban J connectivity index is 1.19. The average Bonchev–Trinajstić information content (AvgIpc) is 3.45. The van der Waals surface area contributed by atoms with E-state index in [9.17, 15) is 14.4 Å². The predicted molar refractivity (Wildman–Crippen MR) is 124 cm³/mol. The van der Waals surface area contributed by atoms with E-state index in [1.54, 1.807) is 22.3 Å². The number of amides is 3. The Bertz CT molecular complexity index is 1020. The highest BCUT2D eigenvalue weighted by atomic mass is 32.1. The van der Waals surface area contributed by atoms with Crippen molar-refractivity contribution in [3.8, 4) is 0 Å². The van der Waals surface area contributed by atoms with Gasteiger partial charge >= 0.3 is 0 Å². The van der Waals surface area contributed by atoms with Crippen molar-refractivity contribution in [1.82, 2.24) is 20.4 Å². The van der Waals surface area contributed by atoms with Gasteiger partial charge in [0.2, 0.25) is 11.8 Å². The maximum atomic E-state index is 13.1. The van der Waals surface area contributed by atoms with Crippen molar-refractivity contribution in [2.24, 2.45) is 0 Å². The highest BCUT2D eigenvalue weighted by Crippen LogP contribution is 2.41. The molecule has 0 spiro atoms. The highest BCUT2D eigenvalue weighted by molar-refractivity contribution is 7.10. The second kappa shape index (κ2) is 9.62. The Morgan fingerprint density at radius 1 is 1.09 bits per heavy atom. The number of thiophene rings is 1. The summed E-state index contributed by atoms with van der Waals surface area (Å²) in [6, 6.07) is 10.9. The van der Waals surface area contributed by atoms with Crippen molar-refractivity contribution in [2.45, 2.75) is 31.0 Å². The Kier molecular flexibility index (Phi) is 6.43. The summed E-state index contributed by atoms with van der Waals surface area (Å²) in [4.78, 5) is 43.7. The SMILES string of the molecule is O=C(CNC(=O)C1c2ccccc2C(=O)N1C1CC1)NCC(c1cccs1)N1CCOCC1. The van der Waals surface area contributed by atoms with Gasteiger partial charge in [0, 0.05) is 36.1 Å². The summed E-state index contributed by atoms with van der Waals surface area (Å²) in [6.45, 7) is 3.36. The molecular formula is C24H28N4O4S. The van der Waals surface area contributed by atoms with Crippen LogP contribution in [0.5, 0.6) is 0 Å². The van der Waals surface area contributed by atoms with Crippen molar-refractivity contribution in [2.75, 3.05) is 39.4 Å². The van der Waals surface area contributed by atoms with Gasteiger partial charge in [0.25, 0.3) is 5.91 Å². The van der Waals surface area contributed by atoms with Crippen molar-refractivity contribution in [3.05, 3.63) is 57.8 Å². The summed E-state index contributed by atoms with van der Waals surface area (Å²) < 4.78 is 5.47. The van der Waals surface area contributed by atoms with Gasteiger partial charge in [-0.1, -0.05) is 24.3 Å². The molecule has 33 heavy (non-hydrogen) atoms. The minimum absolute atomic E-state index is 0.0817. The summed E-state index contributed by atoms with van der Waals surface area (Å²) in [5.41, 5.74) is 1.30. The quantitative estimate of drug-likeness (QED) is 0.616. The molecule has 3 heterocycles. The first-order chi connectivity index (χ1) is 16.1. The van der Waals surface area contributed by atoms with Crippen molar-refractivity contribution in [3.63, 3.8) is 0 Å². The number of hydrogen-bond donors (Lipinski definition) is 2. The number of benzene rings is 1. The first-order valence-electron chi connectivity index (χ1n) is 11.4. The van der Waals surface area contributed by atoms with Gasteiger partial charge in [0.1, 0.15) is 6.04 Å². The summed E-state index contributed by atoms with van der Waals surface area (Å²) in [5, 5.41) is 7.78. The summed E-state index contributed by atoms with van der Waals surface area (Å²) in [7, 11) is 0. The second-order valence-corrected chi connectivity index (χ2v) is 9.61. The van der Waals surface area contributed by atoms with Gasteiger partial charge < -0.3 is 20.3 Å². The van der Waals surface area contributed by atoms with Crippen LogP contribution in [0.4, 0.5) is 0 Å². The minimum atomic E-state index is -0.666. The lowest BCUT2D eigenvalue weighted by Gasteiger charge is -2.34. The van der Waals surface area contributed by atoms with Gasteiger partial charge in [-0.2, -0.15) is 0 Å². The molecule has 2 unspecified atom stereocenters. The number of fused-ring (bicyclic) bond motifs is 1. The third-order valence-electron chi connectivity index (χ3n) is 6.46. The molecule has 1 aliphatic carbocycles. The van der Waals surface area contributed by atoms with Crippen LogP contribution in [0.25, 0.3) is 0 Å². The van der Waals surface area contributed by atoms with E-state index in [-0.39, 0.29) is 36.3 Å². The highest BCUT2D eigenvalue weighted by Gasteiger charge is 2.47. The van der Waals surface area contributed by atoms with Crippen LogP contribution in [0.2, 0.25) is 0 Å². The van der Waals surface area contributed by atoms with Crippen LogP contribution in [0.1, 0.15) is 45.7 Å². The minimum Gasteiger partial charge on any atom is -0.379 e. The number of carbonyl (C=O) groups is 3. The number of ether oxygens (including phenoxy) is 1. The topological polar surface area (TPSA) is 91.0 Å². The Morgan fingerprint density at radius 3 is 2.61 bits per heavy atom. The molecule has 0 bridgehead atoms. The maximum Gasteiger partial charge on any atom is 0.255 e. The van der Waals surface area contributed by atoms with Crippen LogP contribution in [0.3, 0.4) is 0 Å². The normalized spacial score (nSPS) is 21.5. The van der Waals surface area contributed by atoms with E-state index in [0.29, 0.717) is 25.3 Å². The lowest BCUT2D eigenvalue weighted by atomic mass is 10.0. The van der Waals surface area contributed by atoms with Crippen LogP contribution in [-0.4, -0.2) is 73.0 Å². The van der Waals surface area contributed by atoms with Gasteiger partial charge in [-0.15, -0.1) is 11.3 Å². The molecule has 0 radical (unpaired) electrons. The maximum absolute atomic E-state index is 13.1. The molecule has 174 valence electrons. The number of hydrogen-bond acceptors (Lipinski definition) is 6. The van der Waals surface area contributed by atoms with Crippen LogP contribution >= 0.6 is 11.3 Å². The van der Waals surface area contributed by atoms with Crippen molar-refractivity contribution in [1.29, 1.82) is 0 Å². The van der Waals surface area contributed by atoms with Crippen molar-refractivity contribution < 1.29 is 19.1 Å². The molecule has 3 amide bonds. The van der Waals surface area contributed by atoms with E-state index >= 15 is 0 Å². The number of nitrogens with zero attached hydrogens (tertiary/aromatic N) is 2. The molecular weight excluding hydrogens is 440 g/mol. The molecule has 5 rings (SSSR count). The largest absolute Gasteiger partial charge is 0.379 e. The fraction of sp³-hybridized carbons (Fsp3) is 0.458.